The summed E-state index contributed by atoms with van der Waals surface area (Å²) in [4.78, 5) is 0.240. The fourth-order valence-corrected chi connectivity index (χ4v) is 2.71. The molecule has 0 amide bonds. The third-order valence-corrected chi connectivity index (χ3v) is 4.21. The van der Waals surface area contributed by atoms with Crippen LogP contribution in [0.25, 0.3) is 0 Å². The maximum atomic E-state index is 12.0. The van der Waals surface area contributed by atoms with Crippen molar-refractivity contribution in [2.75, 3.05) is 40.0 Å². The summed E-state index contributed by atoms with van der Waals surface area (Å²) in [5.74, 6) is 0.629. The van der Waals surface area contributed by atoms with Gasteiger partial charge in [0, 0.05) is 13.2 Å². The van der Waals surface area contributed by atoms with E-state index in [0.29, 0.717) is 32.1 Å². The Hall–Kier alpha value is -0.860. The molecule has 0 spiro atoms. The quantitative estimate of drug-likeness (QED) is 0.589. The highest BCUT2D eigenvalue weighted by molar-refractivity contribution is 7.89. The zero-order valence-electron chi connectivity index (χ0n) is 13.0. The molecule has 0 saturated heterocycles. The van der Waals surface area contributed by atoms with Gasteiger partial charge in [0.05, 0.1) is 11.5 Å². The van der Waals surface area contributed by atoms with Crippen LogP contribution < -0.4 is 14.8 Å². The Bertz CT molecular complexity index is 494. The molecule has 0 fully saturated rings. The van der Waals surface area contributed by atoms with Crippen molar-refractivity contribution in [3.05, 3.63) is 24.3 Å². The smallest absolute Gasteiger partial charge is 0.240 e. The molecule has 0 atom stereocenters. The van der Waals surface area contributed by atoms with Gasteiger partial charge in [-0.05, 0) is 51.2 Å². The monoisotopic (exact) mass is 352 g/mol. The van der Waals surface area contributed by atoms with Gasteiger partial charge in [-0.2, -0.15) is 0 Å². The molecule has 0 radical (unpaired) electrons. The molecule has 0 unspecified atom stereocenters. The number of hydrogen-bond donors (Lipinski definition) is 2. The fraction of sp³-hybridized carbons (Fsp3) is 0.571. The lowest BCUT2D eigenvalue weighted by atomic mass is 10.3. The lowest BCUT2D eigenvalue weighted by Crippen LogP contribution is -2.26. The number of halogens is 1. The topological polar surface area (TPSA) is 76.7 Å². The first-order valence-corrected chi connectivity index (χ1v) is 8.53. The molecular weight excluding hydrogens is 328 g/mol. The molecule has 8 heteroatoms. The molecule has 1 aromatic carbocycles. The zero-order chi connectivity index (χ0) is 15.6. The SMILES string of the molecule is CCOCCOc1ccc(S(=O)(=O)NCCCNC)cc1.Cl. The van der Waals surface area contributed by atoms with Crippen LogP contribution in [0.4, 0.5) is 0 Å². The average molecular weight is 353 g/mol. The highest BCUT2D eigenvalue weighted by atomic mass is 35.5. The van der Waals surface area contributed by atoms with E-state index in [1.165, 1.54) is 12.1 Å². The molecule has 22 heavy (non-hydrogen) atoms. The van der Waals surface area contributed by atoms with Crippen molar-refractivity contribution in [2.45, 2.75) is 18.2 Å². The molecule has 128 valence electrons. The molecule has 0 saturated carbocycles. The van der Waals surface area contributed by atoms with E-state index in [0.717, 1.165) is 13.0 Å². The molecule has 0 heterocycles. The Morgan fingerprint density at radius 3 is 2.36 bits per heavy atom. The van der Waals surface area contributed by atoms with Crippen molar-refractivity contribution in [2.24, 2.45) is 0 Å². The Kier molecular flexibility index (Phi) is 11.2. The van der Waals surface area contributed by atoms with E-state index < -0.39 is 10.0 Å². The van der Waals surface area contributed by atoms with E-state index in [1.54, 1.807) is 12.1 Å². The molecular formula is C14H25ClN2O4S. The second kappa shape index (κ2) is 11.7. The van der Waals surface area contributed by atoms with E-state index in [9.17, 15) is 8.42 Å². The minimum absolute atomic E-state index is 0. The van der Waals surface area contributed by atoms with Crippen LogP contribution in [-0.2, 0) is 14.8 Å². The Balaban J connectivity index is 0.00000441. The van der Waals surface area contributed by atoms with Gasteiger partial charge in [0.15, 0.2) is 0 Å². The number of hydrogen-bond acceptors (Lipinski definition) is 5. The summed E-state index contributed by atoms with van der Waals surface area (Å²) in [7, 11) is -1.61. The van der Waals surface area contributed by atoms with Gasteiger partial charge in [-0.15, -0.1) is 12.4 Å². The predicted molar refractivity (Wildman–Crippen MR) is 89.4 cm³/mol. The van der Waals surface area contributed by atoms with Gasteiger partial charge in [-0.25, -0.2) is 13.1 Å². The van der Waals surface area contributed by atoms with Gasteiger partial charge < -0.3 is 14.8 Å². The minimum Gasteiger partial charge on any atom is -0.491 e. The van der Waals surface area contributed by atoms with Crippen LogP contribution in [0.2, 0.25) is 0 Å². The van der Waals surface area contributed by atoms with E-state index >= 15 is 0 Å². The van der Waals surface area contributed by atoms with Crippen molar-refractivity contribution in [3.63, 3.8) is 0 Å². The maximum Gasteiger partial charge on any atom is 0.240 e. The fourth-order valence-electron chi connectivity index (χ4n) is 1.63. The summed E-state index contributed by atoms with van der Waals surface area (Å²) in [6, 6.07) is 6.37. The molecule has 1 rings (SSSR count). The van der Waals surface area contributed by atoms with Gasteiger partial charge in [0.2, 0.25) is 10.0 Å². The molecule has 6 nitrogen and oxygen atoms in total. The number of nitrogens with one attached hydrogen (secondary N) is 2. The first-order chi connectivity index (χ1) is 10.1. The van der Waals surface area contributed by atoms with Crippen molar-refractivity contribution in [3.8, 4) is 5.75 Å². The van der Waals surface area contributed by atoms with Gasteiger partial charge >= 0.3 is 0 Å². The second-order valence-electron chi connectivity index (χ2n) is 4.37. The summed E-state index contributed by atoms with van der Waals surface area (Å²) in [5, 5.41) is 2.97. The van der Waals surface area contributed by atoms with Crippen LogP contribution in [0.1, 0.15) is 13.3 Å². The lowest BCUT2D eigenvalue weighted by Gasteiger charge is -2.09. The number of rotatable bonds is 11. The minimum atomic E-state index is -3.44. The van der Waals surface area contributed by atoms with Gasteiger partial charge in [0.25, 0.3) is 0 Å². The first-order valence-electron chi connectivity index (χ1n) is 7.05. The Morgan fingerprint density at radius 1 is 1.09 bits per heavy atom. The Labute approximate surface area is 139 Å². The van der Waals surface area contributed by atoms with Crippen LogP contribution in [-0.4, -0.2) is 48.4 Å². The van der Waals surface area contributed by atoms with Gasteiger partial charge in [-0.1, -0.05) is 0 Å². The summed E-state index contributed by atoms with van der Waals surface area (Å²) >= 11 is 0. The van der Waals surface area contributed by atoms with Gasteiger partial charge in [0.1, 0.15) is 12.4 Å². The summed E-state index contributed by atoms with van der Waals surface area (Å²) in [5.41, 5.74) is 0. The molecule has 1 aromatic rings. The first kappa shape index (κ1) is 21.1. The van der Waals surface area contributed by atoms with Crippen LogP contribution in [0.15, 0.2) is 29.2 Å². The normalized spacial score (nSPS) is 11.0. The maximum absolute atomic E-state index is 12.0. The van der Waals surface area contributed by atoms with E-state index in [1.807, 2.05) is 14.0 Å². The molecule has 0 aliphatic carbocycles. The molecule has 0 aromatic heterocycles. The van der Waals surface area contributed by atoms with Crippen molar-refractivity contribution >= 4 is 22.4 Å². The standard InChI is InChI=1S/C14H24N2O4S.ClH/c1-3-19-11-12-20-13-5-7-14(8-6-13)21(17,18)16-10-4-9-15-2;/h5-8,15-16H,3-4,9-12H2,1-2H3;1H. The molecule has 0 bridgehead atoms. The average Bonchev–Trinajstić information content (AvgIpc) is 2.49. The van der Waals surface area contributed by atoms with Crippen molar-refractivity contribution < 1.29 is 17.9 Å². The zero-order valence-corrected chi connectivity index (χ0v) is 14.6. The van der Waals surface area contributed by atoms with Gasteiger partial charge in [-0.3, -0.25) is 0 Å². The predicted octanol–water partition coefficient (Wildman–Crippen LogP) is 1.41. The summed E-state index contributed by atoms with van der Waals surface area (Å²) in [6.45, 7) is 4.72. The second-order valence-corrected chi connectivity index (χ2v) is 6.14. The molecule has 0 aliphatic rings. The number of benzene rings is 1. The molecule has 0 aliphatic heterocycles. The van der Waals surface area contributed by atoms with E-state index in [4.69, 9.17) is 9.47 Å². The summed E-state index contributed by atoms with van der Waals surface area (Å²) < 4.78 is 37.2. The third-order valence-electron chi connectivity index (χ3n) is 2.73. The molecule has 2 N–H and O–H groups in total. The third kappa shape index (κ3) is 7.95. The lowest BCUT2D eigenvalue weighted by molar-refractivity contribution is 0.110. The number of ether oxygens (including phenoxy) is 2. The van der Waals surface area contributed by atoms with Crippen molar-refractivity contribution in [1.82, 2.24) is 10.0 Å². The van der Waals surface area contributed by atoms with E-state index in [2.05, 4.69) is 10.0 Å². The highest BCUT2D eigenvalue weighted by Gasteiger charge is 2.12. The Morgan fingerprint density at radius 2 is 1.77 bits per heavy atom. The van der Waals surface area contributed by atoms with Crippen LogP contribution >= 0.6 is 12.4 Å². The van der Waals surface area contributed by atoms with Crippen LogP contribution in [0.3, 0.4) is 0 Å². The summed E-state index contributed by atoms with van der Waals surface area (Å²) in [6.07, 6.45) is 0.744. The van der Waals surface area contributed by atoms with Crippen molar-refractivity contribution in [1.29, 1.82) is 0 Å². The largest absolute Gasteiger partial charge is 0.491 e. The number of sulfonamides is 1. The van der Waals surface area contributed by atoms with Crippen LogP contribution in [0.5, 0.6) is 5.75 Å². The highest BCUT2D eigenvalue weighted by Crippen LogP contribution is 2.15. The van der Waals surface area contributed by atoms with E-state index in [-0.39, 0.29) is 17.3 Å². The van der Waals surface area contributed by atoms with Crippen LogP contribution in [0, 0.1) is 0 Å².